The molecule has 64 valence electrons. The summed E-state index contributed by atoms with van der Waals surface area (Å²) >= 11 is 1.71. The molecule has 0 bridgehead atoms. The number of anilines is 2. The van der Waals surface area contributed by atoms with Crippen LogP contribution in [0, 0.1) is 0 Å². The van der Waals surface area contributed by atoms with Gasteiger partial charge in [-0.15, -0.1) is 11.8 Å². The van der Waals surface area contributed by atoms with Gasteiger partial charge in [0.15, 0.2) is 0 Å². The molecule has 1 aliphatic rings. The summed E-state index contributed by atoms with van der Waals surface area (Å²) in [5.74, 6) is 0.971. The third-order valence-corrected chi connectivity index (χ3v) is 2.53. The molecule has 0 saturated heterocycles. The van der Waals surface area contributed by atoms with Crippen molar-refractivity contribution in [1.82, 2.24) is 4.98 Å². The van der Waals surface area contributed by atoms with E-state index in [9.17, 15) is 0 Å². The average Bonchev–Trinajstić information content (AvgIpc) is 2.17. The second-order valence-corrected chi connectivity index (χ2v) is 3.50. The Labute approximate surface area is 76.0 Å². The third kappa shape index (κ3) is 1.34. The molecule has 0 unspecified atom stereocenters. The van der Waals surface area contributed by atoms with Crippen molar-refractivity contribution in [3.63, 3.8) is 0 Å². The van der Waals surface area contributed by atoms with E-state index in [1.807, 2.05) is 6.20 Å². The molecular weight excluding hydrogens is 170 g/mol. The number of nitrogens with one attached hydrogen (secondary N) is 2. The number of rotatable bonds is 1. The first-order valence-corrected chi connectivity index (χ1v) is 5.14. The Kier molecular flexibility index (Phi) is 2.08. The van der Waals surface area contributed by atoms with Crippen molar-refractivity contribution in [3.8, 4) is 0 Å². The molecule has 2 N–H and O–H groups in total. The van der Waals surface area contributed by atoms with E-state index < -0.39 is 0 Å². The van der Waals surface area contributed by atoms with Crippen LogP contribution in [-0.4, -0.2) is 24.3 Å². The monoisotopic (exact) mass is 181 g/mol. The summed E-state index contributed by atoms with van der Waals surface area (Å²) in [5.41, 5.74) is 1.12. The zero-order valence-electron chi connectivity index (χ0n) is 6.92. The van der Waals surface area contributed by atoms with Gasteiger partial charge in [-0.05, 0) is 12.3 Å². The third-order valence-electron chi connectivity index (χ3n) is 1.83. The molecule has 0 amide bonds. The highest BCUT2D eigenvalue weighted by atomic mass is 32.2. The average molecular weight is 181 g/mol. The van der Waals surface area contributed by atoms with Gasteiger partial charge in [-0.25, -0.2) is 4.98 Å². The summed E-state index contributed by atoms with van der Waals surface area (Å²) in [4.78, 5) is 5.49. The molecule has 1 aliphatic heterocycles. The fraction of sp³-hybridized carbons (Fsp3) is 0.375. The number of aromatic nitrogens is 1. The van der Waals surface area contributed by atoms with Crippen LogP contribution in [0.15, 0.2) is 17.2 Å². The van der Waals surface area contributed by atoms with Gasteiger partial charge in [0, 0.05) is 24.2 Å². The SMILES string of the molecule is CSc1cnc2c(c1)NCCN2. The maximum atomic E-state index is 4.30. The summed E-state index contributed by atoms with van der Waals surface area (Å²) < 4.78 is 0. The molecule has 0 radical (unpaired) electrons. The Morgan fingerprint density at radius 2 is 2.25 bits per heavy atom. The maximum Gasteiger partial charge on any atom is 0.149 e. The quantitative estimate of drug-likeness (QED) is 0.646. The Balaban J connectivity index is 2.36. The van der Waals surface area contributed by atoms with E-state index in [1.165, 1.54) is 4.90 Å². The number of pyridine rings is 1. The molecular formula is C8H11N3S. The van der Waals surface area contributed by atoms with Gasteiger partial charge >= 0.3 is 0 Å². The molecule has 3 nitrogen and oxygen atoms in total. The van der Waals surface area contributed by atoms with E-state index in [0.717, 1.165) is 24.6 Å². The molecule has 0 atom stereocenters. The van der Waals surface area contributed by atoms with E-state index >= 15 is 0 Å². The van der Waals surface area contributed by atoms with Crippen molar-refractivity contribution in [2.75, 3.05) is 30.0 Å². The lowest BCUT2D eigenvalue weighted by atomic mass is 10.3. The van der Waals surface area contributed by atoms with E-state index in [2.05, 4.69) is 27.9 Å². The fourth-order valence-corrected chi connectivity index (χ4v) is 1.60. The van der Waals surface area contributed by atoms with Crippen molar-refractivity contribution in [1.29, 1.82) is 0 Å². The number of hydrogen-bond donors (Lipinski definition) is 2. The minimum atomic E-state index is 0.957. The molecule has 1 aromatic rings. The van der Waals surface area contributed by atoms with Crippen LogP contribution in [0.2, 0.25) is 0 Å². The molecule has 0 fully saturated rings. The standard InChI is InChI=1S/C8H11N3S/c1-12-6-4-7-8(11-5-6)10-3-2-9-7/h4-5,9H,2-3H2,1H3,(H,10,11). The smallest absolute Gasteiger partial charge is 0.149 e. The highest BCUT2D eigenvalue weighted by Crippen LogP contribution is 2.25. The molecule has 0 saturated carbocycles. The zero-order chi connectivity index (χ0) is 8.39. The molecule has 12 heavy (non-hydrogen) atoms. The van der Waals surface area contributed by atoms with Gasteiger partial charge in [0.05, 0.1) is 5.69 Å². The second-order valence-electron chi connectivity index (χ2n) is 2.62. The Morgan fingerprint density at radius 1 is 1.42 bits per heavy atom. The van der Waals surface area contributed by atoms with Crippen LogP contribution in [0.1, 0.15) is 0 Å². The first-order valence-electron chi connectivity index (χ1n) is 3.92. The van der Waals surface area contributed by atoms with Crippen LogP contribution >= 0.6 is 11.8 Å². The predicted molar refractivity (Wildman–Crippen MR) is 53.0 cm³/mol. The second kappa shape index (κ2) is 3.23. The van der Waals surface area contributed by atoms with Gasteiger partial charge in [0.1, 0.15) is 5.82 Å². The van der Waals surface area contributed by atoms with Crippen LogP contribution in [0.4, 0.5) is 11.5 Å². The molecule has 2 rings (SSSR count). The lowest BCUT2D eigenvalue weighted by molar-refractivity contribution is 1.01. The van der Waals surface area contributed by atoms with E-state index in [0.29, 0.717) is 0 Å². The number of nitrogens with zero attached hydrogens (tertiary/aromatic N) is 1. The first kappa shape index (κ1) is 7.73. The fourth-order valence-electron chi connectivity index (χ4n) is 1.21. The first-order chi connectivity index (χ1) is 5.90. The van der Waals surface area contributed by atoms with E-state index in [-0.39, 0.29) is 0 Å². The highest BCUT2D eigenvalue weighted by Gasteiger charge is 2.08. The number of hydrogen-bond acceptors (Lipinski definition) is 4. The minimum absolute atomic E-state index is 0.957. The number of fused-ring (bicyclic) bond motifs is 1. The minimum Gasteiger partial charge on any atom is -0.380 e. The van der Waals surface area contributed by atoms with Crippen LogP contribution < -0.4 is 10.6 Å². The summed E-state index contributed by atoms with van der Waals surface area (Å²) in [6.45, 7) is 1.94. The Hall–Kier alpha value is -0.900. The molecule has 0 spiro atoms. The van der Waals surface area contributed by atoms with Gasteiger partial charge in [0.25, 0.3) is 0 Å². The largest absolute Gasteiger partial charge is 0.380 e. The lowest BCUT2D eigenvalue weighted by Crippen LogP contribution is -2.21. The van der Waals surface area contributed by atoms with Gasteiger partial charge < -0.3 is 10.6 Å². The van der Waals surface area contributed by atoms with Crippen molar-refractivity contribution in [2.24, 2.45) is 0 Å². The molecule has 2 heterocycles. The summed E-state index contributed by atoms with van der Waals surface area (Å²) in [7, 11) is 0. The number of thioether (sulfide) groups is 1. The predicted octanol–water partition coefficient (Wildman–Crippen LogP) is 1.64. The molecule has 1 aromatic heterocycles. The summed E-state index contributed by atoms with van der Waals surface area (Å²) in [6.07, 6.45) is 3.95. The Morgan fingerprint density at radius 3 is 3.08 bits per heavy atom. The maximum absolute atomic E-state index is 4.30. The van der Waals surface area contributed by atoms with Gasteiger partial charge in [-0.1, -0.05) is 0 Å². The summed E-state index contributed by atoms with van der Waals surface area (Å²) in [5, 5.41) is 6.53. The van der Waals surface area contributed by atoms with Crippen molar-refractivity contribution in [2.45, 2.75) is 4.90 Å². The van der Waals surface area contributed by atoms with Crippen LogP contribution in [0.3, 0.4) is 0 Å². The van der Waals surface area contributed by atoms with Crippen molar-refractivity contribution in [3.05, 3.63) is 12.3 Å². The Bertz CT molecular complexity index is 288. The van der Waals surface area contributed by atoms with Crippen LogP contribution in [0.25, 0.3) is 0 Å². The van der Waals surface area contributed by atoms with Gasteiger partial charge in [-0.2, -0.15) is 0 Å². The van der Waals surface area contributed by atoms with Crippen LogP contribution in [0.5, 0.6) is 0 Å². The van der Waals surface area contributed by atoms with E-state index in [1.54, 1.807) is 11.8 Å². The normalized spacial score (nSPS) is 14.4. The summed E-state index contributed by atoms with van der Waals surface area (Å²) in [6, 6.07) is 2.12. The highest BCUT2D eigenvalue weighted by molar-refractivity contribution is 7.98. The zero-order valence-corrected chi connectivity index (χ0v) is 7.74. The van der Waals surface area contributed by atoms with Crippen LogP contribution in [-0.2, 0) is 0 Å². The van der Waals surface area contributed by atoms with Crippen molar-refractivity contribution >= 4 is 23.3 Å². The molecule has 0 aliphatic carbocycles. The van der Waals surface area contributed by atoms with E-state index in [4.69, 9.17) is 0 Å². The molecule has 0 aromatic carbocycles. The molecule has 4 heteroatoms. The topological polar surface area (TPSA) is 37.0 Å². The van der Waals surface area contributed by atoms with Gasteiger partial charge in [-0.3, -0.25) is 0 Å². The lowest BCUT2D eigenvalue weighted by Gasteiger charge is -2.18. The van der Waals surface area contributed by atoms with Crippen molar-refractivity contribution < 1.29 is 0 Å². The van der Waals surface area contributed by atoms with Gasteiger partial charge in [0.2, 0.25) is 0 Å².